The third-order valence-electron chi connectivity index (χ3n) is 3.16. The topological polar surface area (TPSA) is 73.9 Å². The van der Waals surface area contributed by atoms with Gasteiger partial charge in [0.2, 0.25) is 0 Å². The van der Waals surface area contributed by atoms with E-state index in [0.29, 0.717) is 24.0 Å². The lowest BCUT2D eigenvalue weighted by Gasteiger charge is -2.17. The van der Waals surface area contributed by atoms with Crippen molar-refractivity contribution in [3.63, 3.8) is 0 Å². The van der Waals surface area contributed by atoms with Crippen LogP contribution in [-0.4, -0.2) is 37.7 Å². The van der Waals surface area contributed by atoms with Crippen LogP contribution >= 0.6 is 11.6 Å². The Labute approximate surface area is 153 Å². The van der Waals surface area contributed by atoms with Gasteiger partial charge in [0.25, 0.3) is 5.91 Å². The van der Waals surface area contributed by atoms with Crippen molar-refractivity contribution in [2.45, 2.75) is 46.8 Å². The molecule has 0 radical (unpaired) electrons. The van der Waals surface area contributed by atoms with Gasteiger partial charge in [0.15, 0.2) is 17.6 Å². The van der Waals surface area contributed by atoms with E-state index >= 15 is 0 Å². The molecule has 6 nitrogen and oxygen atoms in total. The molecule has 0 saturated carbocycles. The number of hydrogen-bond donors (Lipinski definition) is 1. The number of carbonyl (C=O) groups is 2. The van der Waals surface area contributed by atoms with E-state index in [2.05, 4.69) is 5.32 Å². The molecule has 0 aliphatic carbocycles. The van der Waals surface area contributed by atoms with Crippen LogP contribution in [0.3, 0.4) is 0 Å². The molecule has 0 fully saturated rings. The van der Waals surface area contributed by atoms with Crippen LogP contribution in [0.1, 0.15) is 45.0 Å². The molecule has 1 N–H and O–H groups in total. The molecule has 0 aromatic heterocycles. The number of hydrogen-bond acceptors (Lipinski definition) is 5. The minimum atomic E-state index is -0.914. The first-order chi connectivity index (χ1) is 11.6. The number of benzene rings is 1. The molecule has 1 aromatic carbocycles. The third-order valence-corrected chi connectivity index (χ3v) is 3.44. The summed E-state index contributed by atoms with van der Waals surface area (Å²) in [7, 11) is 1.45. The monoisotopic (exact) mass is 371 g/mol. The second-order valence-corrected chi connectivity index (χ2v) is 6.75. The van der Waals surface area contributed by atoms with Crippen molar-refractivity contribution in [2.24, 2.45) is 5.92 Å². The summed E-state index contributed by atoms with van der Waals surface area (Å²) < 4.78 is 16.0. The van der Waals surface area contributed by atoms with Crippen molar-refractivity contribution in [2.75, 3.05) is 13.7 Å². The molecule has 25 heavy (non-hydrogen) atoms. The van der Waals surface area contributed by atoms with E-state index in [1.54, 1.807) is 0 Å². The normalized spacial score (nSPS) is 12.0. The summed E-state index contributed by atoms with van der Waals surface area (Å²) >= 11 is 6.19. The SMILES string of the molecule is COc1cc(C(=O)O[C@@H](C)C(=O)NCC(C)C)cc(Cl)c1OC(C)C. The van der Waals surface area contributed by atoms with E-state index in [0.717, 1.165) is 0 Å². The highest BCUT2D eigenvalue weighted by Gasteiger charge is 2.22. The standard InChI is InChI=1S/C18H26ClNO5/c1-10(2)9-20-17(21)12(5)25-18(22)13-7-14(19)16(24-11(3)4)15(8-13)23-6/h7-8,10-12H,9H2,1-6H3,(H,20,21)/t12-/m0/s1. The number of halogens is 1. The third kappa shape index (κ3) is 6.46. The fourth-order valence-electron chi connectivity index (χ4n) is 1.92. The first-order valence-electron chi connectivity index (χ1n) is 8.18. The number of methoxy groups -OCH3 is 1. The molecule has 1 atom stereocenters. The maximum absolute atomic E-state index is 12.3. The minimum Gasteiger partial charge on any atom is -0.493 e. The number of amides is 1. The van der Waals surface area contributed by atoms with E-state index in [1.807, 2.05) is 27.7 Å². The largest absolute Gasteiger partial charge is 0.493 e. The fraction of sp³-hybridized carbons (Fsp3) is 0.556. The van der Waals surface area contributed by atoms with Gasteiger partial charge in [-0.15, -0.1) is 0 Å². The van der Waals surface area contributed by atoms with Gasteiger partial charge >= 0.3 is 5.97 Å². The Morgan fingerprint density at radius 1 is 1.16 bits per heavy atom. The van der Waals surface area contributed by atoms with Gasteiger partial charge in [-0.3, -0.25) is 4.79 Å². The number of rotatable bonds is 8. The summed E-state index contributed by atoms with van der Waals surface area (Å²) in [5.74, 6) is -0.0182. The van der Waals surface area contributed by atoms with Crippen LogP contribution < -0.4 is 14.8 Å². The lowest BCUT2D eigenvalue weighted by atomic mass is 10.2. The molecular weight excluding hydrogens is 346 g/mol. The first-order valence-corrected chi connectivity index (χ1v) is 8.56. The van der Waals surface area contributed by atoms with Crippen LogP contribution in [0.2, 0.25) is 5.02 Å². The van der Waals surface area contributed by atoms with Crippen LogP contribution in [0.25, 0.3) is 0 Å². The van der Waals surface area contributed by atoms with Gasteiger partial charge < -0.3 is 19.5 Å². The quantitative estimate of drug-likeness (QED) is 0.708. The van der Waals surface area contributed by atoms with E-state index < -0.39 is 12.1 Å². The highest BCUT2D eigenvalue weighted by atomic mass is 35.5. The van der Waals surface area contributed by atoms with E-state index in [9.17, 15) is 9.59 Å². The zero-order valence-electron chi connectivity index (χ0n) is 15.5. The summed E-state index contributed by atoms with van der Waals surface area (Å²) in [5.41, 5.74) is 0.182. The van der Waals surface area contributed by atoms with Gasteiger partial charge in [-0.25, -0.2) is 4.79 Å². The highest BCUT2D eigenvalue weighted by molar-refractivity contribution is 6.32. The Kier molecular flexibility index (Phi) is 8.03. The van der Waals surface area contributed by atoms with Gasteiger partial charge in [0, 0.05) is 6.54 Å². The Balaban J connectivity index is 2.88. The average Bonchev–Trinajstić information content (AvgIpc) is 2.53. The molecule has 0 heterocycles. The van der Waals surface area contributed by atoms with Crippen molar-refractivity contribution in [1.29, 1.82) is 0 Å². The summed E-state index contributed by atoms with van der Waals surface area (Å²) in [5, 5.41) is 2.95. The summed E-state index contributed by atoms with van der Waals surface area (Å²) in [6.45, 7) is 9.70. The van der Waals surface area contributed by atoms with Gasteiger partial charge in [-0.2, -0.15) is 0 Å². The van der Waals surface area contributed by atoms with Gasteiger partial charge in [-0.1, -0.05) is 25.4 Å². The molecule has 0 saturated heterocycles. The number of nitrogens with one attached hydrogen (secondary N) is 1. The molecule has 0 aliphatic heterocycles. The second kappa shape index (κ2) is 9.51. The summed E-state index contributed by atoms with van der Waals surface area (Å²) in [6.07, 6.45) is -1.02. The predicted molar refractivity (Wildman–Crippen MR) is 96.5 cm³/mol. The van der Waals surface area contributed by atoms with Crippen LogP contribution in [0, 0.1) is 5.92 Å². The van der Waals surface area contributed by atoms with E-state index in [4.69, 9.17) is 25.8 Å². The minimum absolute atomic E-state index is 0.103. The zero-order valence-corrected chi connectivity index (χ0v) is 16.3. The Hall–Kier alpha value is -1.95. The molecule has 0 unspecified atom stereocenters. The number of esters is 1. The van der Waals surface area contributed by atoms with Crippen molar-refractivity contribution in [3.8, 4) is 11.5 Å². The number of carbonyl (C=O) groups excluding carboxylic acids is 2. The molecule has 1 amide bonds. The Morgan fingerprint density at radius 2 is 1.80 bits per heavy atom. The maximum atomic E-state index is 12.3. The highest BCUT2D eigenvalue weighted by Crippen LogP contribution is 2.37. The predicted octanol–water partition coefficient (Wildman–Crippen LogP) is 3.45. The molecule has 140 valence electrons. The van der Waals surface area contributed by atoms with E-state index in [-0.39, 0.29) is 22.6 Å². The average molecular weight is 372 g/mol. The van der Waals surface area contributed by atoms with Crippen LogP contribution in [-0.2, 0) is 9.53 Å². The Morgan fingerprint density at radius 3 is 2.32 bits per heavy atom. The summed E-state index contributed by atoms with van der Waals surface area (Å²) in [6, 6.07) is 2.91. The molecular formula is C18H26ClNO5. The zero-order chi connectivity index (χ0) is 19.1. The first kappa shape index (κ1) is 21.1. The van der Waals surface area contributed by atoms with Gasteiger partial charge in [-0.05, 0) is 38.8 Å². The van der Waals surface area contributed by atoms with Crippen molar-refractivity contribution in [3.05, 3.63) is 22.7 Å². The smallest absolute Gasteiger partial charge is 0.339 e. The molecule has 1 aromatic rings. The van der Waals surface area contributed by atoms with E-state index in [1.165, 1.54) is 26.2 Å². The molecule has 1 rings (SSSR count). The van der Waals surface area contributed by atoms with Gasteiger partial charge in [0.05, 0.1) is 23.8 Å². The fourth-order valence-corrected chi connectivity index (χ4v) is 2.17. The van der Waals surface area contributed by atoms with Gasteiger partial charge in [0.1, 0.15) is 0 Å². The maximum Gasteiger partial charge on any atom is 0.339 e. The molecule has 0 spiro atoms. The van der Waals surface area contributed by atoms with Crippen LogP contribution in [0.4, 0.5) is 0 Å². The summed E-state index contributed by atoms with van der Waals surface area (Å²) in [4.78, 5) is 24.2. The Bertz CT molecular complexity index is 616. The second-order valence-electron chi connectivity index (χ2n) is 6.34. The van der Waals surface area contributed by atoms with Crippen molar-refractivity contribution < 1.29 is 23.8 Å². The lowest BCUT2D eigenvalue weighted by Crippen LogP contribution is -2.37. The number of ether oxygens (including phenoxy) is 3. The lowest BCUT2D eigenvalue weighted by molar-refractivity contribution is -0.129. The van der Waals surface area contributed by atoms with Crippen LogP contribution in [0.5, 0.6) is 11.5 Å². The van der Waals surface area contributed by atoms with Crippen LogP contribution in [0.15, 0.2) is 12.1 Å². The molecule has 0 aliphatic rings. The molecule has 7 heteroatoms. The molecule has 0 bridgehead atoms. The van der Waals surface area contributed by atoms with Crippen molar-refractivity contribution in [1.82, 2.24) is 5.32 Å². The van der Waals surface area contributed by atoms with Crippen molar-refractivity contribution >= 4 is 23.5 Å².